The second kappa shape index (κ2) is 4.67. The van der Waals surface area contributed by atoms with Crippen molar-refractivity contribution in [2.75, 3.05) is 12.3 Å². The van der Waals surface area contributed by atoms with Gasteiger partial charge in [-0.05, 0) is 24.2 Å². The lowest BCUT2D eigenvalue weighted by molar-refractivity contribution is 0.0963. The quantitative estimate of drug-likeness (QED) is 0.768. The second-order valence-electron chi connectivity index (χ2n) is 3.74. The predicted molar refractivity (Wildman–Crippen MR) is 64.1 cm³/mol. The molecule has 2 N–H and O–H groups in total. The molecule has 84 valence electrons. The maximum absolute atomic E-state index is 11.7. The summed E-state index contributed by atoms with van der Waals surface area (Å²) in [7, 11) is 0. The van der Waals surface area contributed by atoms with Crippen LogP contribution in [0.2, 0.25) is 0 Å². The van der Waals surface area contributed by atoms with E-state index in [2.05, 4.69) is 10.2 Å². The molecule has 0 aliphatic rings. The van der Waals surface area contributed by atoms with Gasteiger partial charge in [0.25, 0.3) is 11.6 Å². The lowest BCUT2D eigenvalue weighted by Gasteiger charge is -2.14. The van der Waals surface area contributed by atoms with Crippen LogP contribution in [0, 0.1) is 6.57 Å². The third-order valence-electron chi connectivity index (χ3n) is 1.90. The van der Waals surface area contributed by atoms with Crippen molar-refractivity contribution in [3.05, 3.63) is 41.2 Å². The molecule has 1 aromatic rings. The number of hydrogen-bond donors (Lipinski definition) is 2. The van der Waals surface area contributed by atoms with Gasteiger partial charge in [0.15, 0.2) is 0 Å². The van der Waals surface area contributed by atoms with Crippen molar-refractivity contribution in [3.63, 3.8) is 0 Å². The van der Waals surface area contributed by atoms with Gasteiger partial charge in [0, 0.05) is 36.2 Å². The van der Waals surface area contributed by atoms with Gasteiger partial charge in [0.2, 0.25) is 0 Å². The molecule has 1 rings (SSSR count). The van der Waals surface area contributed by atoms with Crippen LogP contribution in [0.4, 0.5) is 5.69 Å². The Morgan fingerprint density at radius 3 is 2.88 bits per heavy atom. The number of carbonyl (C=O) groups excluding carboxylic acids is 1. The van der Waals surface area contributed by atoms with E-state index in [4.69, 9.17) is 12.1 Å². The van der Waals surface area contributed by atoms with Gasteiger partial charge >= 0.3 is 0 Å². The number of amides is 1. The zero-order chi connectivity index (χ0) is 15.6. The highest BCUT2D eigenvalue weighted by molar-refractivity contribution is 5.94. The summed E-state index contributed by atoms with van der Waals surface area (Å²) in [6, 6.07) is 4.14. The Morgan fingerprint density at radius 1 is 1.56 bits per heavy atom. The monoisotopic (exact) mass is 221 g/mol. The summed E-state index contributed by atoms with van der Waals surface area (Å²) in [6.07, 6.45) is 0. The first kappa shape index (κ1) is 7.29. The standard InChI is InChI=1S/C12H15N3O/c1-12(2,14-4)15-10-7-5-9(6-8-10)11(16)13-3/h5-8,15H,1-3H3,(H,13,16)/i3D3,5D. The van der Waals surface area contributed by atoms with E-state index in [-0.39, 0.29) is 11.6 Å². The third kappa shape index (κ3) is 2.99. The van der Waals surface area contributed by atoms with E-state index >= 15 is 0 Å². The van der Waals surface area contributed by atoms with Gasteiger partial charge in [0.1, 0.15) is 0 Å². The van der Waals surface area contributed by atoms with Gasteiger partial charge in [-0.2, -0.15) is 0 Å². The maximum Gasteiger partial charge on any atom is 0.299 e. The summed E-state index contributed by atoms with van der Waals surface area (Å²) in [4.78, 5) is 15.0. The first-order valence-corrected chi connectivity index (χ1v) is 4.64. The fraction of sp³-hybridized carbons (Fsp3) is 0.333. The average molecular weight is 221 g/mol. The number of benzene rings is 1. The highest BCUT2D eigenvalue weighted by Gasteiger charge is 2.21. The van der Waals surface area contributed by atoms with E-state index in [9.17, 15) is 4.79 Å². The molecule has 0 saturated heterocycles. The minimum Gasteiger partial charge on any atom is -0.355 e. The molecular formula is C12H15N3O. The van der Waals surface area contributed by atoms with Crippen molar-refractivity contribution in [1.82, 2.24) is 5.32 Å². The Kier molecular flexibility index (Phi) is 2.12. The molecule has 0 aliphatic carbocycles. The molecule has 4 nitrogen and oxygen atoms in total. The largest absolute Gasteiger partial charge is 0.355 e. The first-order valence-electron chi connectivity index (χ1n) is 6.64. The fourth-order valence-corrected chi connectivity index (χ4v) is 1.09. The van der Waals surface area contributed by atoms with Crippen molar-refractivity contribution in [2.45, 2.75) is 19.5 Å². The minimum absolute atomic E-state index is 0.0349. The number of carbonyl (C=O) groups is 1. The van der Waals surface area contributed by atoms with Crippen LogP contribution in [0.1, 0.15) is 29.7 Å². The van der Waals surface area contributed by atoms with Crippen LogP contribution < -0.4 is 10.6 Å². The number of hydrogen-bond acceptors (Lipinski definition) is 2. The van der Waals surface area contributed by atoms with Gasteiger partial charge in [-0.3, -0.25) is 9.64 Å². The molecule has 0 spiro atoms. The number of nitrogens with zero attached hydrogens (tertiary/aromatic N) is 1. The van der Waals surface area contributed by atoms with Crippen LogP contribution in [0.3, 0.4) is 0 Å². The third-order valence-corrected chi connectivity index (χ3v) is 1.90. The molecule has 1 amide bonds. The summed E-state index contributed by atoms with van der Waals surface area (Å²) in [5, 5.41) is 4.73. The molecule has 0 radical (unpaired) electrons. The van der Waals surface area contributed by atoms with Crippen LogP contribution in [-0.4, -0.2) is 18.5 Å². The Bertz CT molecular complexity index is 561. The summed E-state index contributed by atoms with van der Waals surface area (Å²) in [5.41, 5.74) is -0.344. The van der Waals surface area contributed by atoms with Crippen LogP contribution in [0.5, 0.6) is 0 Å². The summed E-state index contributed by atoms with van der Waals surface area (Å²) >= 11 is 0. The molecule has 0 bridgehead atoms. The van der Waals surface area contributed by atoms with E-state index < -0.39 is 18.5 Å². The fourth-order valence-electron chi connectivity index (χ4n) is 1.09. The lowest BCUT2D eigenvalue weighted by atomic mass is 10.1. The molecule has 0 heterocycles. The van der Waals surface area contributed by atoms with Crippen molar-refractivity contribution in [1.29, 1.82) is 0 Å². The van der Waals surface area contributed by atoms with Gasteiger partial charge in [-0.25, -0.2) is 6.57 Å². The molecule has 0 aromatic heterocycles. The Hall–Kier alpha value is -2.02. The first-order chi connectivity index (χ1) is 9.04. The van der Waals surface area contributed by atoms with E-state index in [1.54, 1.807) is 13.8 Å². The second-order valence-corrected chi connectivity index (χ2v) is 3.74. The molecule has 0 aliphatic heterocycles. The van der Waals surface area contributed by atoms with E-state index in [0.29, 0.717) is 5.69 Å². The topological polar surface area (TPSA) is 45.5 Å². The minimum atomic E-state index is -2.59. The predicted octanol–water partition coefficient (Wildman–Crippen LogP) is 2.11. The molecule has 0 unspecified atom stereocenters. The van der Waals surface area contributed by atoms with Crippen molar-refractivity contribution in [2.24, 2.45) is 0 Å². The molecular weight excluding hydrogens is 202 g/mol. The van der Waals surface area contributed by atoms with E-state index in [1.165, 1.54) is 18.2 Å². The molecule has 1 aromatic carbocycles. The Balaban J connectivity index is 2.95. The SMILES string of the molecule is [2H]c1cc(NC(C)(C)[N+]#[C-])ccc1C(=O)NC([2H])([2H])[2H]. The molecule has 0 fully saturated rings. The smallest absolute Gasteiger partial charge is 0.299 e. The highest BCUT2D eigenvalue weighted by atomic mass is 16.1. The van der Waals surface area contributed by atoms with E-state index in [1.807, 2.05) is 5.32 Å². The highest BCUT2D eigenvalue weighted by Crippen LogP contribution is 2.16. The summed E-state index contributed by atoms with van der Waals surface area (Å²) in [5.74, 6) is -0.828. The summed E-state index contributed by atoms with van der Waals surface area (Å²) < 4.78 is 28.6. The zero-order valence-corrected chi connectivity index (χ0v) is 9.09. The van der Waals surface area contributed by atoms with Crippen LogP contribution in [0.15, 0.2) is 24.2 Å². The van der Waals surface area contributed by atoms with Gasteiger partial charge in [-0.1, -0.05) is 0 Å². The van der Waals surface area contributed by atoms with Gasteiger partial charge in [0.05, 0.1) is 1.37 Å². The van der Waals surface area contributed by atoms with Crippen LogP contribution in [-0.2, 0) is 0 Å². The van der Waals surface area contributed by atoms with Gasteiger partial charge in [-0.15, -0.1) is 0 Å². The number of nitrogens with one attached hydrogen (secondary N) is 2. The molecule has 0 atom stereocenters. The van der Waals surface area contributed by atoms with Gasteiger partial charge < -0.3 is 10.6 Å². The van der Waals surface area contributed by atoms with Crippen molar-refractivity contribution in [3.8, 4) is 0 Å². The van der Waals surface area contributed by atoms with Crippen LogP contribution in [0.25, 0.3) is 4.85 Å². The average Bonchev–Trinajstić information content (AvgIpc) is 2.26. The van der Waals surface area contributed by atoms with E-state index in [0.717, 1.165) is 0 Å². The normalized spacial score (nSPS) is 14.8. The summed E-state index contributed by atoms with van der Waals surface area (Å²) in [6.45, 7) is 7.77. The van der Waals surface area contributed by atoms with Crippen molar-refractivity contribution >= 4 is 11.6 Å². The number of rotatable bonds is 3. The maximum atomic E-state index is 11.7. The lowest BCUT2D eigenvalue weighted by Crippen LogP contribution is -2.26. The molecule has 0 saturated carbocycles. The van der Waals surface area contributed by atoms with Crippen molar-refractivity contribution < 1.29 is 10.3 Å². The Morgan fingerprint density at radius 2 is 2.31 bits per heavy atom. The van der Waals surface area contributed by atoms with Crippen LogP contribution >= 0.6 is 0 Å². The molecule has 16 heavy (non-hydrogen) atoms. The molecule has 4 heteroatoms. The zero-order valence-electron chi connectivity index (χ0n) is 13.1. The number of anilines is 1. The Labute approximate surface area is 101 Å².